The summed E-state index contributed by atoms with van der Waals surface area (Å²) < 4.78 is 38.1. The molecule has 18 heavy (non-hydrogen) atoms. The first-order valence-corrected chi connectivity index (χ1v) is 6.46. The summed E-state index contributed by atoms with van der Waals surface area (Å²) in [5.41, 5.74) is -0.613. The lowest BCUT2D eigenvalue weighted by Crippen LogP contribution is -2.38. The highest BCUT2D eigenvalue weighted by Gasteiger charge is 2.32. The van der Waals surface area contributed by atoms with Crippen LogP contribution in [0.4, 0.5) is 18.9 Å². The number of carbonyl (C=O) groups excluding carboxylic acids is 1. The van der Waals surface area contributed by atoms with Crippen LogP contribution >= 0.6 is 24.0 Å². The van der Waals surface area contributed by atoms with Gasteiger partial charge >= 0.3 is 6.18 Å². The second kappa shape index (κ2) is 4.89. The van der Waals surface area contributed by atoms with E-state index < -0.39 is 11.7 Å². The van der Waals surface area contributed by atoms with Crippen molar-refractivity contribution in [2.24, 2.45) is 0 Å². The minimum absolute atomic E-state index is 0.173. The Morgan fingerprint density at radius 2 is 2.06 bits per heavy atom. The first-order valence-electron chi connectivity index (χ1n) is 5.06. The Morgan fingerprint density at radius 1 is 1.33 bits per heavy atom. The van der Waals surface area contributed by atoms with Crippen LogP contribution in [0.1, 0.15) is 12.0 Å². The lowest BCUT2D eigenvalue weighted by molar-refractivity contribution is -0.137. The van der Waals surface area contributed by atoms with Crippen LogP contribution in [0.5, 0.6) is 0 Å². The lowest BCUT2D eigenvalue weighted by atomic mass is 10.2. The molecule has 0 aliphatic carbocycles. The summed E-state index contributed by atoms with van der Waals surface area (Å²) in [4.78, 5) is 12.9. The molecule has 0 bridgehead atoms. The van der Waals surface area contributed by atoms with Gasteiger partial charge in [0.2, 0.25) is 5.91 Å². The van der Waals surface area contributed by atoms with Gasteiger partial charge in [0, 0.05) is 12.2 Å². The van der Waals surface area contributed by atoms with Crippen molar-refractivity contribution in [2.75, 3.05) is 10.7 Å². The van der Waals surface area contributed by atoms with Crippen molar-refractivity contribution in [3.63, 3.8) is 0 Å². The molecule has 96 valence electrons. The van der Waals surface area contributed by atoms with Gasteiger partial charge < -0.3 is 0 Å². The van der Waals surface area contributed by atoms with Gasteiger partial charge in [0.15, 0.2) is 0 Å². The molecule has 1 fully saturated rings. The van der Waals surface area contributed by atoms with E-state index in [9.17, 15) is 18.0 Å². The molecule has 1 aromatic carbocycles. The summed E-state index contributed by atoms with van der Waals surface area (Å²) in [7, 11) is 0. The fourth-order valence-electron chi connectivity index (χ4n) is 1.57. The maximum absolute atomic E-state index is 12.6. The molecule has 0 spiro atoms. The monoisotopic (exact) mass is 291 g/mol. The zero-order valence-electron chi connectivity index (χ0n) is 9.03. The summed E-state index contributed by atoms with van der Waals surface area (Å²) in [6.07, 6.45) is -4.15. The van der Waals surface area contributed by atoms with Gasteiger partial charge in [-0.1, -0.05) is 30.0 Å². The third-order valence-electron chi connectivity index (χ3n) is 2.41. The molecule has 0 N–H and O–H groups in total. The van der Waals surface area contributed by atoms with Crippen LogP contribution in [-0.4, -0.2) is 16.0 Å². The van der Waals surface area contributed by atoms with Crippen LogP contribution in [-0.2, 0) is 11.0 Å². The number of nitrogens with zero attached hydrogens (tertiary/aromatic N) is 1. The van der Waals surface area contributed by atoms with Crippen molar-refractivity contribution in [1.29, 1.82) is 0 Å². The fourth-order valence-corrected chi connectivity index (χ4v) is 2.82. The molecule has 0 unspecified atom stereocenters. The highest BCUT2D eigenvalue weighted by Crippen LogP contribution is 2.33. The maximum Gasteiger partial charge on any atom is 0.416 e. The van der Waals surface area contributed by atoms with E-state index in [0.29, 0.717) is 10.1 Å². The molecule has 0 atom stereocenters. The molecule has 1 aliphatic rings. The van der Waals surface area contributed by atoms with Crippen molar-refractivity contribution in [3.05, 3.63) is 29.8 Å². The fraction of sp³-hybridized carbons (Fsp3) is 0.273. The summed E-state index contributed by atoms with van der Waals surface area (Å²) in [6, 6.07) is 4.63. The molecule has 7 heteroatoms. The highest BCUT2D eigenvalue weighted by atomic mass is 32.2. The van der Waals surface area contributed by atoms with Crippen molar-refractivity contribution in [2.45, 2.75) is 12.6 Å². The molecule has 1 aromatic rings. The van der Waals surface area contributed by atoms with Gasteiger partial charge in [0.25, 0.3) is 0 Å². The number of thiocarbonyl (C=S) groups is 1. The summed E-state index contributed by atoms with van der Waals surface area (Å²) in [5.74, 6) is 0.311. The first kappa shape index (κ1) is 13.4. The second-order valence-electron chi connectivity index (χ2n) is 3.64. The van der Waals surface area contributed by atoms with Crippen LogP contribution in [0.2, 0.25) is 0 Å². The smallest absolute Gasteiger partial charge is 0.274 e. The minimum Gasteiger partial charge on any atom is -0.274 e. The van der Waals surface area contributed by atoms with Crippen molar-refractivity contribution < 1.29 is 18.0 Å². The van der Waals surface area contributed by atoms with E-state index in [-0.39, 0.29) is 18.0 Å². The number of carbonyl (C=O) groups is 1. The normalized spacial score (nSPS) is 17.2. The number of anilines is 1. The topological polar surface area (TPSA) is 20.3 Å². The van der Waals surface area contributed by atoms with Crippen LogP contribution in [0.15, 0.2) is 24.3 Å². The Labute approximate surface area is 111 Å². The number of halogens is 3. The third-order valence-corrected chi connectivity index (χ3v) is 3.78. The standard InChI is InChI=1S/C11H8F3NOS2/c12-11(13,14)7-2-1-3-8(6-7)15-9(16)4-5-18-10(15)17/h1-3,6H,4-5H2. The molecule has 2 nitrogen and oxygen atoms in total. The number of hydrogen-bond acceptors (Lipinski definition) is 3. The zero-order valence-corrected chi connectivity index (χ0v) is 10.7. The molecular weight excluding hydrogens is 283 g/mol. The molecule has 1 heterocycles. The lowest BCUT2D eigenvalue weighted by Gasteiger charge is -2.27. The van der Waals surface area contributed by atoms with Gasteiger partial charge in [-0.15, -0.1) is 0 Å². The quantitative estimate of drug-likeness (QED) is 0.739. The summed E-state index contributed by atoms with van der Waals surface area (Å²) in [5, 5.41) is 0. The first-order chi connectivity index (χ1) is 8.39. The van der Waals surface area contributed by atoms with E-state index in [0.717, 1.165) is 12.1 Å². The average molecular weight is 291 g/mol. The van der Waals surface area contributed by atoms with Crippen molar-refractivity contribution in [1.82, 2.24) is 0 Å². The Kier molecular flexibility index (Phi) is 3.63. The van der Waals surface area contributed by atoms with E-state index in [4.69, 9.17) is 12.2 Å². The predicted octanol–water partition coefficient (Wildman–Crippen LogP) is 3.46. The summed E-state index contributed by atoms with van der Waals surface area (Å²) in [6.45, 7) is 0. The van der Waals surface area contributed by atoms with Crippen molar-refractivity contribution in [3.8, 4) is 0 Å². The van der Waals surface area contributed by atoms with E-state index in [1.165, 1.54) is 28.8 Å². The van der Waals surface area contributed by atoms with Gasteiger partial charge in [0.05, 0.1) is 11.3 Å². The molecule has 0 radical (unpaired) electrons. The van der Waals surface area contributed by atoms with E-state index in [1.807, 2.05) is 0 Å². The molecule has 0 saturated carbocycles. The molecule has 1 saturated heterocycles. The number of rotatable bonds is 1. The van der Waals surface area contributed by atoms with Crippen LogP contribution < -0.4 is 4.90 Å². The third kappa shape index (κ3) is 2.67. The molecule has 1 aliphatic heterocycles. The predicted molar refractivity (Wildman–Crippen MR) is 68.6 cm³/mol. The van der Waals surface area contributed by atoms with Gasteiger partial charge in [-0.3, -0.25) is 9.69 Å². The molecule has 2 rings (SSSR count). The van der Waals surface area contributed by atoms with Crippen molar-refractivity contribution >= 4 is 39.9 Å². The largest absolute Gasteiger partial charge is 0.416 e. The minimum atomic E-state index is -4.43. The van der Waals surface area contributed by atoms with Gasteiger partial charge in [-0.2, -0.15) is 13.2 Å². The number of thioether (sulfide) groups is 1. The average Bonchev–Trinajstić information content (AvgIpc) is 2.28. The Balaban J connectivity index is 2.38. The van der Waals surface area contributed by atoms with E-state index in [2.05, 4.69) is 0 Å². The zero-order chi connectivity index (χ0) is 13.3. The molecular formula is C11H8F3NOS2. The highest BCUT2D eigenvalue weighted by molar-refractivity contribution is 8.23. The van der Waals surface area contributed by atoms with Gasteiger partial charge in [-0.25, -0.2) is 0 Å². The Bertz CT molecular complexity index is 485. The molecule has 1 amide bonds. The van der Waals surface area contributed by atoms with E-state index in [1.54, 1.807) is 0 Å². The van der Waals surface area contributed by atoms with Crippen LogP contribution in [0.3, 0.4) is 0 Å². The van der Waals surface area contributed by atoms with Crippen LogP contribution in [0, 0.1) is 0 Å². The van der Waals surface area contributed by atoms with E-state index >= 15 is 0 Å². The molecule has 0 aromatic heterocycles. The van der Waals surface area contributed by atoms with Crippen LogP contribution in [0.25, 0.3) is 0 Å². The number of alkyl halides is 3. The Hall–Kier alpha value is -1.08. The number of amides is 1. The maximum atomic E-state index is 12.6. The SMILES string of the molecule is O=C1CCSC(=S)N1c1cccc(C(F)(F)F)c1. The van der Waals surface area contributed by atoms with Gasteiger partial charge in [0.1, 0.15) is 4.32 Å². The second-order valence-corrected chi connectivity index (χ2v) is 5.37. The number of hydrogen-bond donors (Lipinski definition) is 0. The Morgan fingerprint density at radius 3 is 2.67 bits per heavy atom. The van der Waals surface area contributed by atoms with Gasteiger partial charge in [-0.05, 0) is 18.2 Å². The number of benzene rings is 1. The summed E-state index contributed by atoms with van der Waals surface area (Å²) >= 11 is 6.30.